The van der Waals surface area contributed by atoms with Gasteiger partial charge in [-0.05, 0) is 61.3 Å². The Labute approximate surface area is 204 Å². The van der Waals surface area contributed by atoms with E-state index in [1.54, 1.807) is 34.9 Å². The number of anilines is 1. The molecule has 0 fully saturated rings. The minimum atomic E-state index is -0.338. The molecule has 0 radical (unpaired) electrons. The van der Waals surface area contributed by atoms with Gasteiger partial charge in [-0.3, -0.25) is 4.79 Å². The van der Waals surface area contributed by atoms with Gasteiger partial charge < -0.3 is 19.7 Å². The molecular weight excluding hydrogens is 451 g/mol. The van der Waals surface area contributed by atoms with E-state index in [9.17, 15) is 9.18 Å². The molecule has 178 valence electrons. The second kappa shape index (κ2) is 11.9. The van der Waals surface area contributed by atoms with Crippen LogP contribution in [0, 0.1) is 5.82 Å². The first-order chi connectivity index (χ1) is 16.6. The van der Waals surface area contributed by atoms with E-state index in [1.807, 2.05) is 49.5 Å². The number of unbranched alkanes of at least 4 members (excludes halogenated alkanes) is 1. The summed E-state index contributed by atoms with van der Waals surface area (Å²) in [6.45, 7) is 2.56. The van der Waals surface area contributed by atoms with E-state index < -0.39 is 0 Å². The molecular formula is C27H29FN2O3S. The Hall–Kier alpha value is -3.03. The predicted octanol–water partition coefficient (Wildman–Crippen LogP) is 5.46. The molecule has 0 bridgehead atoms. The van der Waals surface area contributed by atoms with Crippen LogP contribution in [0.3, 0.4) is 0 Å². The van der Waals surface area contributed by atoms with Gasteiger partial charge in [-0.2, -0.15) is 0 Å². The van der Waals surface area contributed by atoms with E-state index in [0.29, 0.717) is 19.8 Å². The average Bonchev–Trinajstić information content (AvgIpc) is 2.86. The number of thioether (sulfide) groups is 1. The highest BCUT2D eigenvalue weighted by atomic mass is 32.2. The Morgan fingerprint density at radius 2 is 1.68 bits per heavy atom. The molecule has 0 spiro atoms. The zero-order chi connectivity index (χ0) is 23.8. The van der Waals surface area contributed by atoms with Crippen LogP contribution in [-0.4, -0.2) is 39.3 Å². The van der Waals surface area contributed by atoms with Crippen LogP contribution in [0.5, 0.6) is 11.5 Å². The molecule has 0 aromatic heterocycles. The summed E-state index contributed by atoms with van der Waals surface area (Å²) < 4.78 is 24.7. The number of hydrogen-bond acceptors (Lipinski definition) is 5. The maximum absolute atomic E-state index is 13.5. The lowest BCUT2D eigenvalue weighted by molar-refractivity contribution is -0.118. The number of para-hydroxylation sites is 2. The fraction of sp³-hybridized carbons (Fsp3) is 0.296. The molecule has 0 saturated carbocycles. The van der Waals surface area contributed by atoms with Gasteiger partial charge in [0.15, 0.2) is 11.6 Å². The van der Waals surface area contributed by atoms with Crippen LogP contribution in [0.2, 0.25) is 0 Å². The summed E-state index contributed by atoms with van der Waals surface area (Å²) in [6, 6.07) is 22.2. The molecule has 0 aliphatic carbocycles. The van der Waals surface area contributed by atoms with E-state index in [4.69, 9.17) is 9.47 Å². The van der Waals surface area contributed by atoms with E-state index >= 15 is 0 Å². The lowest BCUT2D eigenvalue weighted by Gasteiger charge is -2.31. The number of fused-ring (bicyclic) bond motifs is 1. The first-order valence-electron chi connectivity index (χ1n) is 11.5. The fourth-order valence-corrected chi connectivity index (χ4v) is 5.01. The zero-order valence-corrected chi connectivity index (χ0v) is 20.0. The standard InChI is InChI=1S/C27H29FN2O3S/c1-30-23-9-3-5-11-25(23)34-26(27(30)31)20-12-14-21(15-13-20)32-18-7-6-16-29-17-19-33-24-10-4-2-8-22(24)28/h2-5,8-15,26,29H,6-7,16-19H2,1H3. The summed E-state index contributed by atoms with van der Waals surface area (Å²) >= 11 is 1.59. The van der Waals surface area contributed by atoms with Crippen LogP contribution in [-0.2, 0) is 4.79 Å². The van der Waals surface area contributed by atoms with Gasteiger partial charge >= 0.3 is 0 Å². The summed E-state index contributed by atoms with van der Waals surface area (Å²) in [6.07, 6.45) is 1.89. The number of rotatable bonds is 11. The first kappa shape index (κ1) is 24.1. The molecule has 1 aliphatic rings. The molecule has 3 aromatic rings. The maximum atomic E-state index is 13.5. The van der Waals surface area contributed by atoms with E-state index in [1.165, 1.54) is 6.07 Å². The minimum Gasteiger partial charge on any atom is -0.494 e. The Morgan fingerprint density at radius 1 is 0.912 bits per heavy atom. The zero-order valence-electron chi connectivity index (χ0n) is 19.2. The lowest BCUT2D eigenvalue weighted by atomic mass is 10.1. The molecule has 1 heterocycles. The van der Waals surface area contributed by atoms with Gasteiger partial charge in [0.05, 0.1) is 12.3 Å². The normalized spacial score (nSPS) is 15.2. The summed E-state index contributed by atoms with van der Waals surface area (Å²) in [4.78, 5) is 15.7. The van der Waals surface area contributed by atoms with Crippen molar-refractivity contribution in [3.05, 3.63) is 84.2 Å². The number of likely N-dealkylation sites (N-methyl/N-ethyl adjacent to an activating group) is 1. The van der Waals surface area contributed by atoms with Crippen molar-refractivity contribution in [2.24, 2.45) is 0 Å². The van der Waals surface area contributed by atoms with Crippen LogP contribution in [0.25, 0.3) is 0 Å². The highest BCUT2D eigenvalue weighted by molar-refractivity contribution is 8.00. The molecule has 7 heteroatoms. The van der Waals surface area contributed by atoms with Crippen molar-refractivity contribution in [1.29, 1.82) is 0 Å². The number of ether oxygens (including phenoxy) is 2. The van der Waals surface area contributed by atoms with Crippen molar-refractivity contribution in [1.82, 2.24) is 5.32 Å². The van der Waals surface area contributed by atoms with Crippen molar-refractivity contribution >= 4 is 23.4 Å². The van der Waals surface area contributed by atoms with Crippen LogP contribution in [0.1, 0.15) is 23.7 Å². The summed E-state index contributed by atoms with van der Waals surface area (Å²) in [7, 11) is 1.83. The molecule has 1 unspecified atom stereocenters. The summed E-state index contributed by atoms with van der Waals surface area (Å²) in [5, 5.41) is 3.04. The number of hydrogen-bond donors (Lipinski definition) is 1. The predicted molar refractivity (Wildman–Crippen MR) is 134 cm³/mol. The molecule has 1 amide bonds. The number of halogens is 1. The average molecular weight is 481 g/mol. The number of nitrogens with zero attached hydrogens (tertiary/aromatic N) is 1. The van der Waals surface area contributed by atoms with E-state index in [0.717, 1.165) is 41.3 Å². The second-order valence-corrected chi connectivity index (χ2v) is 9.16. The Morgan fingerprint density at radius 3 is 2.50 bits per heavy atom. The molecule has 5 nitrogen and oxygen atoms in total. The largest absolute Gasteiger partial charge is 0.494 e. The van der Waals surface area contributed by atoms with Crippen LogP contribution < -0.4 is 19.7 Å². The summed E-state index contributed by atoms with van der Waals surface area (Å²) in [5.41, 5.74) is 1.94. The molecule has 1 N–H and O–H groups in total. The first-order valence-corrected chi connectivity index (χ1v) is 12.4. The van der Waals surface area contributed by atoms with Gasteiger partial charge in [-0.25, -0.2) is 4.39 Å². The maximum Gasteiger partial charge on any atom is 0.244 e. The van der Waals surface area contributed by atoms with Crippen molar-refractivity contribution in [2.75, 3.05) is 38.3 Å². The van der Waals surface area contributed by atoms with Crippen LogP contribution in [0.15, 0.2) is 77.7 Å². The van der Waals surface area contributed by atoms with Gasteiger partial charge in [0.2, 0.25) is 5.91 Å². The highest BCUT2D eigenvalue weighted by Gasteiger charge is 2.32. The van der Waals surface area contributed by atoms with Gasteiger partial charge in [0, 0.05) is 18.5 Å². The molecule has 1 atom stereocenters. The lowest BCUT2D eigenvalue weighted by Crippen LogP contribution is -2.33. The van der Waals surface area contributed by atoms with Crippen molar-refractivity contribution in [3.8, 4) is 11.5 Å². The Bertz CT molecular complexity index is 1090. The number of benzene rings is 3. The van der Waals surface area contributed by atoms with Crippen molar-refractivity contribution in [2.45, 2.75) is 23.0 Å². The van der Waals surface area contributed by atoms with Crippen molar-refractivity contribution < 1.29 is 18.7 Å². The highest BCUT2D eigenvalue weighted by Crippen LogP contribution is 2.45. The second-order valence-electron chi connectivity index (χ2n) is 8.02. The van der Waals surface area contributed by atoms with Crippen LogP contribution >= 0.6 is 11.8 Å². The smallest absolute Gasteiger partial charge is 0.244 e. The molecule has 3 aromatic carbocycles. The Balaban J connectivity index is 1.13. The van der Waals surface area contributed by atoms with Crippen molar-refractivity contribution in [3.63, 3.8) is 0 Å². The third-order valence-electron chi connectivity index (χ3n) is 5.60. The molecule has 0 saturated heterocycles. The number of nitrogens with one attached hydrogen (secondary N) is 1. The third kappa shape index (κ3) is 6.10. The topological polar surface area (TPSA) is 50.8 Å². The van der Waals surface area contributed by atoms with E-state index in [-0.39, 0.29) is 22.7 Å². The SMILES string of the molecule is CN1C(=O)C(c2ccc(OCCCCNCCOc3ccccc3F)cc2)Sc2ccccc21. The van der Waals surface area contributed by atoms with E-state index in [2.05, 4.69) is 11.4 Å². The molecule has 34 heavy (non-hydrogen) atoms. The molecule has 4 rings (SSSR count). The van der Waals surface area contributed by atoms with Gasteiger partial charge in [-0.1, -0.05) is 36.4 Å². The third-order valence-corrected chi connectivity index (χ3v) is 6.91. The van der Waals surface area contributed by atoms with Gasteiger partial charge in [-0.15, -0.1) is 11.8 Å². The quantitative estimate of drug-likeness (QED) is 0.369. The van der Waals surface area contributed by atoms with Gasteiger partial charge in [0.25, 0.3) is 0 Å². The number of carbonyl (C=O) groups is 1. The number of carbonyl (C=O) groups excluding carboxylic acids is 1. The monoisotopic (exact) mass is 480 g/mol. The summed E-state index contributed by atoms with van der Waals surface area (Å²) in [5.74, 6) is 0.836. The molecule has 1 aliphatic heterocycles. The minimum absolute atomic E-state index is 0.0872. The Kier molecular flexibility index (Phi) is 8.44. The fourth-order valence-electron chi connectivity index (χ4n) is 3.72. The number of amides is 1. The van der Waals surface area contributed by atoms with Gasteiger partial charge in [0.1, 0.15) is 17.6 Å². The van der Waals surface area contributed by atoms with Crippen LogP contribution in [0.4, 0.5) is 10.1 Å².